The Morgan fingerprint density at radius 1 is 1.00 bits per heavy atom. The van der Waals surface area contributed by atoms with Crippen LogP contribution in [0.15, 0.2) is 42.5 Å². The maximum absolute atomic E-state index is 6.19. The van der Waals surface area contributed by atoms with E-state index >= 15 is 0 Å². The average Bonchev–Trinajstić information content (AvgIpc) is 2.39. The number of aryl methyl sites for hydroxylation is 1. The third kappa shape index (κ3) is 3.77. The molecule has 1 N–H and O–H groups in total. The number of hydrogen-bond donors (Lipinski definition) is 1. The molecule has 1 nitrogen and oxygen atoms in total. The Balaban J connectivity index is 2.06. The summed E-state index contributed by atoms with van der Waals surface area (Å²) < 4.78 is 0. The van der Waals surface area contributed by atoms with Gasteiger partial charge in [-0.25, -0.2) is 0 Å². The minimum atomic E-state index is 0.200. The van der Waals surface area contributed by atoms with Crippen molar-refractivity contribution in [2.24, 2.45) is 0 Å². The number of rotatable bonds is 3. The van der Waals surface area contributed by atoms with Crippen molar-refractivity contribution in [3.8, 4) is 0 Å². The molecule has 2 heteroatoms. The van der Waals surface area contributed by atoms with Gasteiger partial charge < -0.3 is 5.32 Å². The normalized spacial score (nSPS) is 11.4. The number of nitrogens with one attached hydrogen (secondary N) is 1. The maximum atomic E-state index is 6.19. The van der Waals surface area contributed by atoms with Gasteiger partial charge in [0.2, 0.25) is 0 Å². The minimum absolute atomic E-state index is 0.200. The van der Waals surface area contributed by atoms with Gasteiger partial charge in [0, 0.05) is 6.54 Å². The highest BCUT2D eigenvalue weighted by atomic mass is 35.5. The van der Waals surface area contributed by atoms with Crippen LogP contribution >= 0.6 is 11.6 Å². The maximum Gasteiger partial charge on any atom is 0.0637 e. The van der Waals surface area contributed by atoms with E-state index in [0.717, 1.165) is 17.3 Å². The van der Waals surface area contributed by atoms with Gasteiger partial charge in [-0.05, 0) is 41.2 Å². The van der Waals surface area contributed by atoms with E-state index in [0.29, 0.717) is 0 Å². The predicted octanol–water partition coefficient (Wildman–Crippen LogP) is 5.56. The van der Waals surface area contributed by atoms with E-state index in [4.69, 9.17) is 11.6 Å². The molecular formula is C18H22ClN. The summed E-state index contributed by atoms with van der Waals surface area (Å²) in [7, 11) is 0. The molecule has 0 aliphatic heterocycles. The molecule has 0 radical (unpaired) electrons. The molecule has 0 aromatic heterocycles. The molecule has 0 aliphatic carbocycles. The zero-order valence-electron chi connectivity index (χ0n) is 12.6. The van der Waals surface area contributed by atoms with Crippen molar-refractivity contribution in [1.29, 1.82) is 0 Å². The Hall–Kier alpha value is -1.47. The third-order valence-electron chi connectivity index (χ3n) is 3.42. The lowest BCUT2D eigenvalue weighted by atomic mass is 9.87. The van der Waals surface area contributed by atoms with Crippen LogP contribution in [-0.4, -0.2) is 0 Å². The fourth-order valence-electron chi connectivity index (χ4n) is 2.09. The lowest BCUT2D eigenvalue weighted by molar-refractivity contribution is 0.590. The molecule has 0 bridgehead atoms. The van der Waals surface area contributed by atoms with Crippen LogP contribution in [0.3, 0.4) is 0 Å². The smallest absolute Gasteiger partial charge is 0.0637 e. The van der Waals surface area contributed by atoms with Crippen molar-refractivity contribution in [2.45, 2.75) is 39.7 Å². The van der Waals surface area contributed by atoms with E-state index in [1.165, 1.54) is 16.7 Å². The van der Waals surface area contributed by atoms with Crippen molar-refractivity contribution in [2.75, 3.05) is 5.32 Å². The van der Waals surface area contributed by atoms with Crippen LogP contribution in [0.25, 0.3) is 0 Å². The van der Waals surface area contributed by atoms with Gasteiger partial charge in [-0.3, -0.25) is 0 Å². The van der Waals surface area contributed by atoms with Crippen LogP contribution in [0.5, 0.6) is 0 Å². The fraction of sp³-hybridized carbons (Fsp3) is 0.333. The van der Waals surface area contributed by atoms with Gasteiger partial charge in [0.25, 0.3) is 0 Å². The van der Waals surface area contributed by atoms with Gasteiger partial charge in [0.15, 0.2) is 0 Å². The average molecular weight is 288 g/mol. The number of anilines is 1. The van der Waals surface area contributed by atoms with E-state index in [9.17, 15) is 0 Å². The Morgan fingerprint density at radius 2 is 1.65 bits per heavy atom. The highest BCUT2D eigenvalue weighted by Gasteiger charge is 2.12. The molecule has 0 heterocycles. The largest absolute Gasteiger partial charge is 0.380 e. The fourth-order valence-corrected chi connectivity index (χ4v) is 2.28. The molecule has 0 unspecified atom stereocenters. The van der Waals surface area contributed by atoms with Crippen LogP contribution in [-0.2, 0) is 12.0 Å². The quantitative estimate of drug-likeness (QED) is 0.779. The van der Waals surface area contributed by atoms with E-state index < -0.39 is 0 Å². The SMILES string of the molecule is Cc1ccc(Cl)c(NCc2ccc(C(C)(C)C)cc2)c1. The Bertz CT molecular complexity index is 579. The molecule has 0 aliphatic rings. The summed E-state index contributed by atoms with van der Waals surface area (Å²) >= 11 is 6.19. The Kier molecular flexibility index (Phi) is 4.39. The van der Waals surface area contributed by atoms with Gasteiger partial charge in [-0.1, -0.05) is 62.7 Å². The van der Waals surface area contributed by atoms with Crippen molar-refractivity contribution >= 4 is 17.3 Å². The standard InChI is InChI=1S/C18H22ClN/c1-13-5-10-16(19)17(11-13)20-12-14-6-8-15(9-7-14)18(2,3)4/h5-11,20H,12H2,1-4H3. The summed E-state index contributed by atoms with van der Waals surface area (Å²) in [6.45, 7) is 9.54. The summed E-state index contributed by atoms with van der Waals surface area (Å²) in [6.07, 6.45) is 0. The molecule has 2 aromatic carbocycles. The van der Waals surface area contributed by atoms with Crippen LogP contribution in [0.2, 0.25) is 5.02 Å². The molecule has 0 fully saturated rings. The third-order valence-corrected chi connectivity index (χ3v) is 3.75. The second-order valence-electron chi connectivity index (χ2n) is 6.28. The van der Waals surface area contributed by atoms with E-state index in [2.05, 4.69) is 63.3 Å². The Morgan fingerprint density at radius 3 is 2.25 bits per heavy atom. The molecule has 20 heavy (non-hydrogen) atoms. The molecule has 0 saturated carbocycles. The zero-order valence-corrected chi connectivity index (χ0v) is 13.4. The summed E-state index contributed by atoms with van der Waals surface area (Å²) in [6, 6.07) is 14.8. The van der Waals surface area contributed by atoms with Crippen LogP contribution in [0, 0.1) is 6.92 Å². The van der Waals surface area contributed by atoms with Gasteiger partial charge in [-0.15, -0.1) is 0 Å². The molecule has 0 atom stereocenters. The molecule has 2 aromatic rings. The summed E-state index contributed by atoms with van der Waals surface area (Å²) in [4.78, 5) is 0. The van der Waals surface area contributed by atoms with Crippen LogP contribution in [0.1, 0.15) is 37.5 Å². The zero-order chi connectivity index (χ0) is 14.8. The summed E-state index contributed by atoms with van der Waals surface area (Å²) in [5.41, 5.74) is 5.02. The van der Waals surface area contributed by atoms with Crippen molar-refractivity contribution in [3.05, 3.63) is 64.2 Å². The molecule has 0 saturated heterocycles. The number of hydrogen-bond acceptors (Lipinski definition) is 1. The highest BCUT2D eigenvalue weighted by Crippen LogP contribution is 2.25. The lowest BCUT2D eigenvalue weighted by Crippen LogP contribution is -2.11. The molecular weight excluding hydrogens is 266 g/mol. The highest BCUT2D eigenvalue weighted by molar-refractivity contribution is 6.33. The monoisotopic (exact) mass is 287 g/mol. The second-order valence-corrected chi connectivity index (χ2v) is 6.69. The molecule has 0 spiro atoms. The minimum Gasteiger partial charge on any atom is -0.380 e. The number of halogens is 1. The lowest BCUT2D eigenvalue weighted by Gasteiger charge is -2.19. The number of benzene rings is 2. The van der Waals surface area contributed by atoms with E-state index in [1.807, 2.05) is 12.1 Å². The van der Waals surface area contributed by atoms with Crippen LogP contribution < -0.4 is 5.32 Å². The van der Waals surface area contributed by atoms with Crippen molar-refractivity contribution in [1.82, 2.24) is 0 Å². The van der Waals surface area contributed by atoms with E-state index in [-0.39, 0.29) is 5.41 Å². The molecule has 0 amide bonds. The van der Waals surface area contributed by atoms with Crippen molar-refractivity contribution < 1.29 is 0 Å². The summed E-state index contributed by atoms with van der Waals surface area (Å²) in [5, 5.41) is 4.16. The molecule has 106 valence electrons. The van der Waals surface area contributed by atoms with Gasteiger partial charge in [0.05, 0.1) is 10.7 Å². The first-order valence-corrected chi connectivity index (χ1v) is 7.33. The van der Waals surface area contributed by atoms with E-state index in [1.54, 1.807) is 0 Å². The molecule has 2 rings (SSSR count). The first-order valence-electron chi connectivity index (χ1n) is 6.96. The topological polar surface area (TPSA) is 12.0 Å². The first-order chi connectivity index (χ1) is 9.36. The van der Waals surface area contributed by atoms with Gasteiger partial charge in [-0.2, -0.15) is 0 Å². The van der Waals surface area contributed by atoms with Crippen molar-refractivity contribution in [3.63, 3.8) is 0 Å². The first kappa shape index (κ1) is 14.9. The predicted molar refractivity (Wildman–Crippen MR) is 88.7 cm³/mol. The van der Waals surface area contributed by atoms with Crippen LogP contribution in [0.4, 0.5) is 5.69 Å². The Labute approximate surface area is 127 Å². The second kappa shape index (κ2) is 5.88. The van der Waals surface area contributed by atoms with Gasteiger partial charge in [0.1, 0.15) is 0 Å². The summed E-state index contributed by atoms with van der Waals surface area (Å²) in [5.74, 6) is 0. The van der Waals surface area contributed by atoms with Gasteiger partial charge >= 0.3 is 0 Å².